The summed E-state index contributed by atoms with van der Waals surface area (Å²) in [6, 6.07) is 12.6. The predicted molar refractivity (Wildman–Crippen MR) is 79.6 cm³/mol. The van der Waals surface area contributed by atoms with E-state index in [2.05, 4.69) is 0 Å². The Kier molecular flexibility index (Phi) is 3.08. The van der Waals surface area contributed by atoms with Crippen molar-refractivity contribution in [2.24, 2.45) is 0 Å². The quantitative estimate of drug-likeness (QED) is 0.736. The topological polar surface area (TPSA) is 54.4 Å². The van der Waals surface area contributed by atoms with Crippen molar-refractivity contribution in [1.82, 2.24) is 0 Å². The lowest BCUT2D eigenvalue weighted by Crippen LogP contribution is -1.94. The number of benzene rings is 2. The van der Waals surface area contributed by atoms with Gasteiger partial charge in [0.25, 0.3) is 0 Å². The smallest absolute Gasteiger partial charge is 0.335 e. The fourth-order valence-corrected chi connectivity index (χ4v) is 3.01. The SMILES string of the molecule is O=Cc1csc2ccc(-c3ccc(C(=O)O)cc3)cc12. The minimum atomic E-state index is -0.937. The van der Waals surface area contributed by atoms with Crippen molar-refractivity contribution in [1.29, 1.82) is 0 Å². The molecule has 0 saturated heterocycles. The zero-order valence-electron chi connectivity index (χ0n) is 10.4. The number of fused-ring (bicyclic) bond motifs is 1. The second-order valence-electron chi connectivity index (χ2n) is 4.40. The number of carboxylic acids is 1. The minimum Gasteiger partial charge on any atom is -0.478 e. The van der Waals surface area contributed by atoms with Crippen LogP contribution >= 0.6 is 11.3 Å². The molecule has 4 heteroatoms. The summed E-state index contributed by atoms with van der Waals surface area (Å²) in [5, 5.41) is 11.7. The largest absolute Gasteiger partial charge is 0.478 e. The summed E-state index contributed by atoms with van der Waals surface area (Å²) in [4.78, 5) is 21.8. The summed E-state index contributed by atoms with van der Waals surface area (Å²) in [7, 11) is 0. The summed E-state index contributed by atoms with van der Waals surface area (Å²) in [5.41, 5.74) is 2.85. The maximum absolute atomic E-state index is 11.0. The summed E-state index contributed by atoms with van der Waals surface area (Å²) < 4.78 is 1.07. The third kappa shape index (κ3) is 2.10. The molecule has 0 amide bonds. The van der Waals surface area contributed by atoms with Gasteiger partial charge in [0.1, 0.15) is 0 Å². The van der Waals surface area contributed by atoms with Gasteiger partial charge in [-0.1, -0.05) is 18.2 Å². The Morgan fingerprint density at radius 1 is 1.05 bits per heavy atom. The summed E-state index contributed by atoms with van der Waals surface area (Å²) in [5.74, 6) is -0.937. The van der Waals surface area contributed by atoms with Crippen LogP contribution in [0.2, 0.25) is 0 Å². The minimum absolute atomic E-state index is 0.263. The van der Waals surface area contributed by atoms with Crippen LogP contribution in [0.4, 0.5) is 0 Å². The molecule has 3 aromatic rings. The van der Waals surface area contributed by atoms with Crippen molar-refractivity contribution in [3.63, 3.8) is 0 Å². The Morgan fingerprint density at radius 2 is 1.75 bits per heavy atom. The van der Waals surface area contributed by atoms with Gasteiger partial charge < -0.3 is 5.11 Å². The van der Waals surface area contributed by atoms with Gasteiger partial charge in [-0.15, -0.1) is 11.3 Å². The van der Waals surface area contributed by atoms with Crippen molar-refractivity contribution in [3.05, 3.63) is 59.0 Å². The summed E-state index contributed by atoms with van der Waals surface area (Å²) in [6.07, 6.45) is 0.857. The standard InChI is InChI=1S/C16H10O3S/c17-8-13-9-20-15-6-5-12(7-14(13)15)10-1-3-11(4-2-10)16(18)19/h1-9H,(H,18,19). The molecule has 2 aromatic carbocycles. The van der Waals surface area contributed by atoms with Gasteiger partial charge in [-0.05, 0) is 35.4 Å². The van der Waals surface area contributed by atoms with Gasteiger partial charge in [0.2, 0.25) is 0 Å². The maximum Gasteiger partial charge on any atom is 0.335 e. The van der Waals surface area contributed by atoms with Gasteiger partial charge in [-0.2, -0.15) is 0 Å². The van der Waals surface area contributed by atoms with Gasteiger partial charge in [0.05, 0.1) is 5.56 Å². The molecule has 0 saturated carbocycles. The van der Waals surface area contributed by atoms with Crippen molar-refractivity contribution in [2.75, 3.05) is 0 Å². The average molecular weight is 282 g/mol. The molecule has 0 aliphatic heterocycles. The third-order valence-corrected chi connectivity index (χ3v) is 4.18. The van der Waals surface area contributed by atoms with E-state index in [4.69, 9.17) is 5.11 Å². The van der Waals surface area contributed by atoms with E-state index in [9.17, 15) is 9.59 Å². The molecule has 0 spiro atoms. The highest BCUT2D eigenvalue weighted by Crippen LogP contribution is 2.30. The van der Waals surface area contributed by atoms with Crippen molar-refractivity contribution in [3.8, 4) is 11.1 Å². The van der Waals surface area contributed by atoms with Crippen LogP contribution in [-0.2, 0) is 0 Å². The third-order valence-electron chi connectivity index (χ3n) is 3.20. The number of aromatic carboxylic acids is 1. The Morgan fingerprint density at radius 3 is 2.40 bits per heavy atom. The van der Waals surface area contributed by atoms with E-state index < -0.39 is 5.97 Å². The zero-order valence-corrected chi connectivity index (χ0v) is 11.2. The molecule has 0 radical (unpaired) electrons. The lowest BCUT2D eigenvalue weighted by molar-refractivity contribution is 0.0696. The fraction of sp³-hybridized carbons (Fsp3) is 0. The van der Waals surface area contributed by atoms with E-state index in [-0.39, 0.29) is 5.56 Å². The molecule has 1 aromatic heterocycles. The molecule has 20 heavy (non-hydrogen) atoms. The highest BCUT2D eigenvalue weighted by molar-refractivity contribution is 7.17. The second kappa shape index (κ2) is 4.90. The molecular formula is C16H10O3S. The number of aldehydes is 1. The number of hydrogen-bond donors (Lipinski definition) is 1. The highest BCUT2D eigenvalue weighted by Gasteiger charge is 2.07. The van der Waals surface area contributed by atoms with Crippen LogP contribution in [0.25, 0.3) is 21.2 Å². The molecule has 98 valence electrons. The van der Waals surface area contributed by atoms with E-state index in [1.807, 2.05) is 23.6 Å². The first-order valence-corrected chi connectivity index (χ1v) is 6.87. The number of hydrogen-bond acceptors (Lipinski definition) is 3. The average Bonchev–Trinajstić information content (AvgIpc) is 2.89. The number of rotatable bonds is 3. The second-order valence-corrected chi connectivity index (χ2v) is 5.31. The zero-order chi connectivity index (χ0) is 14.1. The van der Waals surface area contributed by atoms with Crippen LogP contribution in [0.15, 0.2) is 47.8 Å². The van der Waals surface area contributed by atoms with Gasteiger partial charge in [0.15, 0.2) is 6.29 Å². The van der Waals surface area contributed by atoms with Crippen molar-refractivity contribution in [2.45, 2.75) is 0 Å². The fourth-order valence-electron chi connectivity index (χ4n) is 2.12. The van der Waals surface area contributed by atoms with Crippen LogP contribution in [0.5, 0.6) is 0 Å². The van der Waals surface area contributed by atoms with Gasteiger partial charge >= 0.3 is 5.97 Å². The van der Waals surface area contributed by atoms with Gasteiger partial charge in [0, 0.05) is 21.0 Å². The van der Waals surface area contributed by atoms with E-state index >= 15 is 0 Å². The lowest BCUT2D eigenvalue weighted by Gasteiger charge is -2.03. The first-order valence-electron chi connectivity index (χ1n) is 5.99. The Bertz CT molecular complexity index is 800. The Labute approximate surface area is 119 Å². The maximum atomic E-state index is 11.0. The Balaban J connectivity index is 2.09. The molecule has 0 unspecified atom stereocenters. The molecule has 0 aliphatic rings. The first-order chi connectivity index (χ1) is 9.69. The van der Waals surface area contributed by atoms with E-state index in [0.717, 1.165) is 27.5 Å². The predicted octanol–water partition coefficient (Wildman–Crippen LogP) is 4.08. The van der Waals surface area contributed by atoms with E-state index in [1.165, 1.54) is 11.3 Å². The Hall–Kier alpha value is -2.46. The highest BCUT2D eigenvalue weighted by atomic mass is 32.1. The number of thiophene rings is 1. The molecule has 0 bridgehead atoms. The van der Waals surface area contributed by atoms with E-state index in [0.29, 0.717) is 5.56 Å². The molecular weight excluding hydrogens is 272 g/mol. The van der Waals surface area contributed by atoms with Crippen LogP contribution in [0.3, 0.4) is 0 Å². The lowest BCUT2D eigenvalue weighted by atomic mass is 10.0. The number of carbonyl (C=O) groups excluding carboxylic acids is 1. The molecule has 1 heterocycles. The monoisotopic (exact) mass is 282 g/mol. The number of carboxylic acid groups (broad SMARTS) is 1. The molecule has 0 fully saturated rings. The molecule has 1 N–H and O–H groups in total. The molecule has 0 atom stereocenters. The van der Waals surface area contributed by atoms with E-state index in [1.54, 1.807) is 24.3 Å². The van der Waals surface area contributed by atoms with Crippen LogP contribution in [0.1, 0.15) is 20.7 Å². The van der Waals surface area contributed by atoms with Crippen LogP contribution < -0.4 is 0 Å². The molecule has 0 aliphatic carbocycles. The first kappa shape index (κ1) is 12.6. The summed E-state index contributed by atoms with van der Waals surface area (Å²) in [6.45, 7) is 0. The molecule has 3 nitrogen and oxygen atoms in total. The number of carbonyl (C=O) groups is 2. The van der Waals surface area contributed by atoms with Crippen LogP contribution in [0, 0.1) is 0 Å². The van der Waals surface area contributed by atoms with Crippen molar-refractivity contribution < 1.29 is 14.7 Å². The van der Waals surface area contributed by atoms with Gasteiger partial charge in [-0.3, -0.25) is 4.79 Å². The van der Waals surface area contributed by atoms with Crippen molar-refractivity contribution >= 4 is 33.7 Å². The van der Waals surface area contributed by atoms with Crippen LogP contribution in [-0.4, -0.2) is 17.4 Å². The molecule has 3 rings (SSSR count). The van der Waals surface area contributed by atoms with Gasteiger partial charge in [-0.25, -0.2) is 4.79 Å². The summed E-state index contributed by atoms with van der Waals surface area (Å²) >= 11 is 1.54. The normalized spacial score (nSPS) is 10.6.